The predicted molar refractivity (Wildman–Crippen MR) is 82.2 cm³/mol. The lowest BCUT2D eigenvalue weighted by Crippen LogP contribution is -2.22. The minimum absolute atomic E-state index is 0.112. The summed E-state index contributed by atoms with van der Waals surface area (Å²) < 4.78 is 0. The lowest BCUT2D eigenvalue weighted by atomic mass is 10.1. The molecule has 0 saturated heterocycles. The highest BCUT2D eigenvalue weighted by molar-refractivity contribution is 5.74. The van der Waals surface area contributed by atoms with Crippen LogP contribution in [-0.2, 0) is 0 Å². The van der Waals surface area contributed by atoms with Crippen molar-refractivity contribution in [1.29, 1.82) is 0 Å². The highest BCUT2D eigenvalue weighted by atomic mass is 15.5. The average Bonchev–Trinajstić information content (AvgIpc) is 2.43. The first-order valence-electron chi connectivity index (χ1n) is 6.44. The lowest BCUT2D eigenvalue weighted by molar-refractivity contribution is 0.492. The van der Waals surface area contributed by atoms with Gasteiger partial charge in [-0.2, -0.15) is 0 Å². The maximum absolute atomic E-state index is 6.08. The molecule has 0 amide bonds. The Bertz CT molecular complexity index is 555. The molecule has 106 valence electrons. The maximum atomic E-state index is 6.08. The quantitative estimate of drug-likeness (QED) is 0.724. The van der Waals surface area contributed by atoms with Gasteiger partial charge in [-0.15, -0.1) is 0 Å². The van der Waals surface area contributed by atoms with E-state index in [2.05, 4.69) is 39.8 Å². The molecule has 1 unspecified atom stereocenters. The van der Waals surface area contributed by atoms with E-state index in [0.717, 1.165) is 0 Å². The van der Waals surface area contributed by atoms with Crippen LogP contribution in [0.2, 0.25) is 0 Å². The molecule has 0 saturated carbocycles. The van der Waals surface area contributed by atoms with Crippen LogP contribution in [0.5, 0.6) is 0 Å². The molecule has 1 atom stereocenters. The number of aromatic nitrogens is 2. The molecule has 0 aliphatic heterocycles. The van der Waals surface area contributed by atoms with E-state index in [1.807, 2.05) is 32.3 Å². The number of hydrogen-bond acceptors (Lipinski definition) is 6. The van der Waals surface area contributed by atoms with Crippen molar-refractivity contribution in [3.8, 4) is 0 Å². The highest BCUT2D eigenvalue weighted by Crippen LogP contribution is 2.26. The fourth-order valence-corrected chi connectivity index (χ4v) is 1.84. The summed E-state index contributed by atoms with van der Waals surface area (Å²) in [6.07, 6.45) is 1.49. The Morgan fingerprint density at radius 3 is 2.40 bits per heavy atom. The Labute approximate surface area is 119 Å². The van der Waals surface area contributed by atoms with Gasteiger partial charge in [0.25, 0.3) is 0 Å². The third-order valence-corrected chi connectivity index (χ3v) is 2.87. The van der Waals surface area contributed by atoms with Gasteiger partial charge in [0.1, 0.15) is 12.0 Å². The second-order valence-electron chi connectivity index (χ2n) is 4.77. The molecule has 0 radical (unpaired) electrons. The summed E-state index contributed by atoms with van der Waals surface area (Å²) >= 11 is 0. The molecular weight excluding hydrogens is 252 g/mol. The summed E-state index contributed by atoms with van der Waals surface area (Å²) in [5.74, 6) is 1.22. The van der Waals surface area contributed by atoms with Crippen molar-refractivity contribution in [3.63, 3.8) is 0 Å². The minimum atomic E-state index is 0.112. The van der Waals surface area contributed by atoms with Crippen LogP contribution in [0.15, 0.2) is 36.7 Å². The summed E-state index contributed by atoms with van der Waals surface area (Å²) in [6, 6.07) is 10.3. The third kappa shape index (κ3) is 3.36. The van der Waals surface area contributed by atoms with E-state index >= 15 is 0 Å². The van der Waals surface area contributed by atoms with Crippen LogP contribution in [0.4, 0.5) is 17.3 Å². The Morgan fingerprint density at radius 1 is 1.10 bits per heavy atom. The Hall–Kier alpha value is -2.34. The molecule has 6 nitrogen and oxygen atoms in total. The van der Waals surface area contributed by atoms with Crippen molar-refractivity contribution in [2.24, 2.45) is 0 Å². The summed E-state index contributed by atoms with van der Waals surface area (Å²) in [6.45, 7) is 2.07. The molecule has 0 bridgehead atoms. The van der Waals surface area contributed by atoms with Crippen molar-refractivity contribution in [1.82, 2.24) is 15.0 Å². The second kappa shape index (κ2) is 6.21. The molecular formula is C14H20N6. The van der Waals surface area contributed by atoms with E-state index in [1.54, 1.807) is 5.01 Å². The number of nitrogens with one attached hydrogen (secondary N) is 2. The first-order chi connectivity index (χ1) is 9.58. The molecule has 4 N–H and O–H groups in total. The second-order valence-corrected chi connectivity index (χ2v) is 4.77. The van der Waals surface area contributed by atoms with Gasteiger partial charge >= 0.3 is 0 Å². The van der Waals surface area contributed by atoms with Gasteiger partial charge in [-0.05, 0) is 12.5 Å². The van der Waals surface area contributed by atoms with E-state index in [1.165, 1.54) is 11.9 Å². The van der Waals surface area contributed by atoms with Gasteiger partial charge in [0.15, 0.2) is 11.6 Å². The third-order valence-electron chi connectivity index (χ3n) is 2.87. The van der Waals surface area contributed by atoms with Crippen molar-refractivity contribution in [2.75, 3.05) is 30.6 Å². The fourth-order valence-electron chi connectivity index (χ4n) is 1.84. The predicted octanol–water partition coefficient (Wildman–Crippen LogP) is 2.12. The molecule has 1 aromatic heterocycles. The summed E-state index contributed by atoms with van der Waals surface area (Å²) in [5.41, 5.74) is 10.8. The normalized spacial score (nSPS) is 12.2. The minimum Gasteiger partial charge on any atom is -0.393 e. The molecule has 2 rings (SSSR count). The first kappa shape index (κ1) is 14.1. The van der Waals surface area contributed by atoms with E-state index in [9.17, 15) is 0 Å². The van der Waals surface area contributed by atoms with Crippen LogP contribution in [0.3, 0.4) is 0 Å². The zero-order valence-electron chi connectivity index (χ0n) is 12.0. The van der Waals surface area contributed by atoms with Crippen LogP contribution in [0.1, 0.15) is 18.5 Å². The topological polar surface area (TPSA) is 79.1 Å². The molecule has 0 fully saturated rings. The van der Waals surface area contributed by atoms with Gasteiger partial charge < -0.3 is 16.5 Å². The largest absolute Gasteiger partial charge is 0.393 e. The zero-order chi connectivity index (χ0) is 14.5. The first-order valence-corrected chi connectivity index (χ1v) is 6.44. The van der Waals surface area contributed by atoms with E-state index in [0.29, 0.717) is 17.3 Å². The van der Waals surface area contributed by atoms with Crippen LogP contribution in [0, 0.1) is 0 Å². The maximum Gasteiger partial charge on any atom is 0.169 e. The van der Waals surface area contributed by atoms with Gasteiger partial charge in [-0.25, -0.2) is 15.0 Å². The smallest absolute Gasteiger partial charge is 0.169 e. The zero-order valence-corrected chi connectivity index (χ0v) is 12.0. The lowest BCUT2D eigenvalue weighted by Gasteiger charge is -2.19. The number of nitrogens with two attached hydrogens (primary N) is 1. The van der Waals surface area contributed by atoms with Gasteiger partial charge in [-0.3, -0.25) is 0 Å². The van der Waals surface area contributed by atoms with Crippen molar-refractivity contribution in [3.05, 3.63) is 42.2 Å². The number of hydrazine groups is 1. The Balaban J connectivity index is 2.17. The SMILES string of the molecule is CC(Nc1ncnc(NN(C)C)c1N)c1ccccc1. The number of nitrogens with zero attached hydrogens (tertiary/aromatic N) is 3. The number of benzene rings is 1. The Morgan fingerprint density at radius 2 is 1.75 bits per heavy atom. The van der Waals surface area contributed by atoms with Crippen molar-refractivity contribution < 1.29 is 0 Å². The monoisotopic (exact) mass is 272 g/mol. The average molecular weight is 272 g/mol. The van der Waals surface area contributed by atoms with E-state index in [4.69, 9.17) is 5.73 Å². The van der Waals surface area contributed by atoms with Gasteiger partial charge in [0.2, 0.25) is 0 Å². The van der Waals surface area contributed by atoms with Crippen LogP contribution in [-0.4, -0.2) is 29.1 Å². The fraction of sp³-hybridized carbons (Fsp3) is 0.286. The number of nitrogen functional groups attached to an aromatic ring is 1. The van der Waals surface area contributed by atoms with Crippen molar-refractivity contribution in [2.45, 2.75) is 13.0 Å². The molecule has 6 heteroatoms. The molecule has 1 aromatic carbocycles. The number of anilines is 3. The van der Waals surface area contributed by atoms with Gasteiger partial charge in [0.05, 0.1) is 6.04 Å². The number of hydrogen-bond donors (Lipinski definition) is 3. The van der Waals surface area contributed by atoms with Gasteiger partial charge in [-0.1, -0.05) is 30.3 Å². The molecule has 1 heterocycles. The molecule has 0 aliphatic rings. The standard InChI is InChI=1S/C14H20N6/c1-10(11-7-5-4-6-8-11)18-13-12(15)14(17-9-16-13)19-20(2)3/h4-10H,15H2,1-3H3,(H2,16,17,18,19). The summed E-state index contributed by atoms with van der Waals surface area (Å²) in [5, 5.41) is 5.09. The molecule has 2 aromatic rings. The number of rotatable bonds is 5. The molecule has 20 heavy (non-hydrogen) atoms. The van der Waals surface area contributed by atoms with Crippen LogP contribution >= 0.6 is 0 Å². The van der Waals surface area contributed by atoms with E-state index < -0.39 is 0 Å². The Kier molecular flexibility index (Phi) is 4.37. The van der Waals surface area contributed by atoms with Crippen LogP contribution in [0.25, 0.3) is 0 Å². The summed E-state index contributed by atoms with van der Waals surface area (Å²) in [4.78, 5) is 8.34. The molecule has 0 spiro atoms. The van der Waals surface area contributed by atoms with Gasteiger partial charge in [0, 0.05) is 14.1 Å². The van der Waals surface area contributed by atoms with E-state index in [-0.39, 0.29) is 6.04 Å². The molecule has 0 aliphatic carbocycles. The van der Waals surface area contributed by atoms with Crippen molar-refractivity contribution >= 4 is 17.3 Å². The summed E-state index contributed by atoms with van der Waals surface area (Å²) in [7, 11) is 3.75. The van der Waals surface area contributed by atoms with Crippen LogP contribution < -0.4 is 16.5 Å². The highest BCUT2D eigenvalue weighted by Gasteiger charge is 2.11.